The van der Waals surface area contributed by atoms with Crippen molar-refractivity contribution in [1.82, 2.24) is 0 Å². The van der Waals surface area contributed by atoms with Crippen LogP contribution in [0.3, 0.4) is 0 Å². The number of carbonyl (C=O) groups is 3. The zero-order chi connectivity index (χ0) is 10.6. The van der Waals surface area contributed by atoms with Crippen molar-refractivity contribution >= 4 is 17.5 Å². The van der Waals surface area contributed by atoms with Crippen molar-refractivity contribution in [1.29, 1.82) is 0 Å². The molecule has 0 heterocycles. The van der Waals surface area contributed by atoms with Gasteiger partial charge < -0.3 is 5.11 Å². The summed E-state index contributed by atoms with van der Waals surface area (Å²) in [6.45, 7) is 0. The Bertz CT molecular complexity index is 372. The zero-order valence-electron chi connectivity index (χ0n) is 7.67. The number of carboxylic acid groups (broad SMARTS) is 1. The first-order valence-electron chi connectivity index (χ1n) is 3.95. The maximum atomic E-state index is 11.3. The van der Waals surface area contributed by atoms with E-state index in [1.807, 2.05) is 0 Å². The van der Waals surface area contributed by atoms with Gasteiger partial charge in [-0.2, -0.15) is 0 Å². The number of hydrogen-bond donors (Lipinski definition) is 1. The van der Waals surface area contributed by atoms with Gasteiger partial charge in [0.05, 0.1) is 6.42 Å². The molecular weight excluding hydrogens is 236 g/mol. The van der Waals surface area contributed by atoms with Crippen molar-refractivity contribution in [3.05, 3.63) is 35.9 Å². The Morgan fingerprint density at radius 1 is 1.07 bits per heavy atom. The first kappa shape index (κ1) is 13.6. The summed E-state index contributed by atoms with van der Waals surface area (Å²) in [5.74, 6) is -3.13. The summed E-state index contributed by atoms with van der Waals surface area (Å²) in [5.41, 5.74) is 0.349. The van der Waals surface area contributed by atoms with Crippen molar-refractivity contribution in [2.75, 3.05) is 0 Å². The number of Topliss-reactive ketones (excluding diaryl/α,β-unsaturated/α-hetero) is 2. The Hall–Kier alpha value is -1.44. The van der Waals surface area contributed by atoms with Crippen LogP contribution in [0.15, 0.2) is 30.3 Å². The SMILES string of the molecule is O=C(O)C(=O)CC(=O)c1ccccc1.[Cr]. The van der Waals surface area contributed by atoms with Crippen LogP contribution in [-0.4, -0.2) is 22.6 Å². The molecule has 0 saturated carbocycles. The molecule has 1 aromatic rings. The van der Waals surface area contributed by atoms with E-state index in [1.165, 1.54) is 12.1 Å². The molecule has 0 aliphatic carbocycles. The van der Waals surface area contributed by atoms with Gasteiger partial charge in [0.15, 0.2) is 5.78 Å². The van der Waals surface area contributed by atoms with Gasteiger partial charge in [0, 0.05) is 22.9 Å². The Kier molecular flexibility index (Phi) is 5.54. The van der Waals surface area contributed by atoms with Crippen LogP contribution in [0.1, 0.15) is 16.8 Å². The summed E-state index contributed by atoms with van der Waals surface area (Å²) in [5, 5.41) is 8.28. The quantitative estimate of drug-likeness (QED) is 0.485. The molecule has 0 atom stereocenters. The Morgan fingerprint density at radius 3 is 2.07 bits per heavy atom. The van der Waals surface area contributed by atoms with Crippen molar-refractivity contribution in [2.24, 2.45) is 0 Å². The van der Waals surface area contributed by atoms with Gasteiger partial charge in [-0.3, -0.25) is 9.59 Å². The average Bonchev–Trinajstić information content (AvgIpc) is 2.19. The summed E-state index contributed by atoms with van der Waals surface area (Å²) in [6, 6.07) is 8.11. The summed E-state index contributed by atoms with van der Waals surface area (Å²) >= 11 is 0. The van der Waals surface area contributed by atoms with E-state index in [4.69, 9.17) is 5.11 Å². The van der Waals surface area contributed by atoms with E-state index in [0.717, 1.165) is 0 Å². The van der Waals surface area contributed by atoms with Gasteiger partial charge in [0.1, 0.15) is 0 Å². The van der Waals surface area contributed by atoms with Crippen molar-refractivity contribution in [3.8, 4) is 0 Å². The first-order valence-corrected chi connectivity index (χ1v) is 3.95. The van der Waals surface area contributed by atoms with Crippen molar-refractivity contribution < 1.29 is 36.9 Å². The van der Waals surface area contributed by atoms with Crippen molar-refractivity contribution in [3.63, 3.8) is 0 Å². The standard InChI is InChI=1S/C10H8O4.Cr/c11-8(6-9(12)10(13)14)7-4-2-1-3-5-7;/h1-5H,6H2,(H,13,14);. The normalized spacial score (nSPS) is 8.80. The monoisotopic (exact) mass is 244 g/mol. The largest absolute Gasteiger partial charge is 0.475 e. The van der Waals surface area contributed by atoms with Crippen LogP contribution >= 0.6 is 0 Å². The molecule has 0 saturated heterocycles. The van der Waals surface area contributed by atoms with E-state index in [-0.39, 0.29) is 17.4 Å². The predicted molar refractivity (Wildman–Crippen MR) is 48.0 cm³/mol. The Labute approximate surface area is 97.0 Å². The second-order valence-corrected chi connectivity index (χ2v) is 2.69. The molecule has 0 unspecified atom stereocenters. The minimum atomic E-state index is -1.57. The molecule has 0 aromatic heterocycles. The maximum absolute atomic E-state index is 11.3. The molecule has 0 aliphatic heterocycles. The molecule has 4 nitrogen and oxygen atoms in total. The van der Waals surface area contributed by atoms with E-state index < -0.39 is 24.0 Å². The van der Waals surface area contributed by atoms with Crippen LogP contribution in [0.4, 0.5) is 0 Å². The second-order valence-electron chi connectivity index (χ2n) is 2.69. The van der Waals surface area contributed by atoms with Gasteiger partial charge in [0.2, 0.25) is 5.78 Å². The van der Waals surface area contributed by atoms with Crippen LogP contribution in [0.2, 0.25) is 0 Å². The van der Waals surface area contributed by atoms with Gasteiger partial charge in [-0.15, -0.1) is 0 Å². The molecule has 0 aliphatic rings. The number of ketones is 2. The summed E-state index contributed by atoms with van der Waals surface area (Å²) in [4.78, 5) is 32.1. The molecule has 1 aromatic carbocycles. The van der Waals surface area contributed by atoms with E-state index in [1.54, 1.807) is 18.2 Å². The number of aliphatic carboxylic acids is 1. The minimum absolute atomic E-state index is 0. The molecule has 5 heteroatoms. The zero-order valence-corrected chi connectivity index (χ0v) is 8.95. The van der Waals surface area contributed by atoms with Crippen LogP contribution in [-0.2, 0) is 27.0 Å². The average molecular weight is 244 g/mol. The van der Waals surface area contributed by atoms with E-state index in [0.29, 0.717) is 5.56 Å². The fourth-order valence-corrected chi connectivity index (χ4v) is 0.948. The minimum Gasteiger partial charge on any atom is -0.475 e. The number of carbonyl (C=O) groups excluding carboxylic acids is 2. The molecule has 78 valence electrons. The molecule has 0 amide bonds. The second kappa shape index (κ2) is 6.12. The van der Waals surface area contributed by atoms with Crippen LogP contribution in [0, 0.1) is 0 Å². The van der Waals surface area contributed by atoms with Gasteiger partial charge in [-0.25, -0.2) is 4.79 Å². The van der Waals surface area contributed by atoms with Crippen molar-refractivity contribution in [2.45, 2.75) is 6.42 Å². The Balaban J connectivity index is 0.00000196. The van der Waals surface area contributed by atoms with Gasteiger partial charge >= 0.3 is 5.97 Å². The maximum Gasteiger partial charge on any atom is 0.372 e. The number of benzene rings is 1. The van der Waals surface area contributed by atoms with Crippen LogP contribution in [0.25, 0.3) is 0 Å². The molecular formula is C10H8CrO4. The third-order valence-electron chi connectivity index (χ3n) is 1.66. The molecule has 15 heavy (non-hydrogen) atoms. The Morgan fingerprint density at radius 2 is 1.60 bits per heavy atom. The number of carboxylic acids is 1. The number of rotatable bonds is 4. The van der Waals surface area contributed by atoms with Gasteiger partial charge in [-0.05, 0) is 0 Å². The predicted octanol–water partition coefficient (Wildman–Crippen LogP) is 0.911. The molecule has 1 rings (SSSR count). The molecule has 0 spiro atoms. The molecule has 0 fully saturated rings. The van der Waals surface area contributed by atoms with Crippen LogP contribution < -0.4 is 0 Å². The third kappa shape index (κ3) is 4.07. The van der Waals surface area contributed by atoms with Gasteiger partial charge in [-0.1, -0.05) is 30.3 Å². The van der Waals surface area contributed by atoms with E-state index >= 15 is 0 Å². The first-order chi connectivity index (χ1) is 6.61. The third-order valence-corrected chi connectivity index (χ3v) is 1.66. The number of hydrogen-bond acceptors (Lipinski definition) is 3. The molecule has 0 bridgehead atoms. The topological polar surface area (TPSA) is 71.4 Å². The molecule has 1 N–H and O–H groups in total. The van der Waals surface area contributed by atoms with E-state index in [2.05, 4.69) is 0 Å². The molecule has 0 radical (unpaired) electrons. The summed E-state index contributed by atoms with van der Waals surface area (Å²) in [7, 11) is 0. The fourth-order valence-electron chi connectivity index (χ4n) is 0.948. The fraction of sp³-hybridized carbons (Fsp3) is 0.100. The smallest absolute Gasteiger partial charge is 0.372 e. The summed E-state index contributed by atoms with van der Waals surface area (Å²) < 4.78 is 0. The van der Waals surface area contributed by atoms with E-state index in [9.17, 15) is 14.4 Å². The summed E-state index contributed by atoms with van der Waals surface area (Å²) in [6.07, 6.45) is -0.584. The van der Waals surface area contributed by atoms with Gasteiger partial charge in [0.25, 0.3) is 0 Å². The van der Waals surface area contributed by atoms with Crippen LogP contribution in [0.5, 0.6) is 0 Å².